The van der Waals surface area contributed by atoms with Crippen molar-refractivity contribution in [2.45, 2.75) is 32.7 Å². The molecule has 2 rings (SSSR count). The summed E-state index contributed by atoms with van der Waals surface area (Å²) in [6, 6.07) is 6.54. The number of benzene rings is 1. The van der Waals surface area contributed by atoms with E-state index in [1.807, 2.05) is 18.7 Å². The molecule has 0 bridgehead atoms. The smallest absolute Gasteiger partial charge is 0.251 e. The Kier molecular flexibility index (Phi) is 6.94. The van der Waals surface area contributed by atoms with Gasteiger partial charge in [-0.15, -0.1) is 0 Å². The van der Waals surface area contributed by atoms with Gasteiger partial charge in [0.05, 0.1) is 12.6 Å². The molecule has 3 amide bonds. The van der Waals surface area contributed by atoms with Gasteiger partial charge in [-0.2, -0.15) is 0 Å². The van der Waals surface area contributed by atoms with Crippen molar-refractivity contribution >= 4 is 23.4 Å². The first-order chi connectivity index (χ1) is 12.0. The summed E-state index contributed by atoms with van der Waals surface area (Å²) in [6.07, 6.45) is 1.48. The SMILES string of the molecule is CCNC(=O)c1cccc(NC(=O)CN2CCCNC(=O)[C@H]2CC)c1. The number of carbonyl (C=O) groups is 3. The van der Waals surface area contributed by atoms with Gasteiger partial charge in [0, 0.05) is 30.9 Å². The van der Waals surface area contributed by atoms with Crippen LogP contribution in [0.15, 0.2) is 24.3 Å². The quantitative estimate of drug-likeness (QED) is 0.716. The molecule has 136 valence electrons. The minimum absolute atomic E-state index is 0.0222. The van der Waals surface area contributed by atoms with Crippen LogP contribution in [0, 0.1) is 0 Å². The van der Waals surface area contributed by atoms with E-state index in [9.17, 15) is 14.4 Å². The molecule has 0 saturated carbocycles. The van der Waals surface area contributed by atoms with Crippen LogP contribution in [0.2, 0.25) is 0 Å². The lowest BCUT2D eigenvalue weighted by atomic mass is 10.1. The maximum atomic E-state index is 12.4. The number of rotatable bonds is 6. The minimum atomic E-state index is -0.282. The van der Waals surface area contributed by atoms with E-state index in [1.54, 1.807) is 24.3 Å². The number of amides is 3. The van der Waals surface area contributed by atoms with Crippen LogP contribution in [-0.2, 0) is 9.59 Å². The summed E-state index contributed by atoms with van der Waals surface area (Å²) in [6.45, 7) is 5.83. The molecule has 0 aliphatic carbocycles. The Balaban J connectivity index is 2.00. The van der Waals surface area contributed by atoms with Crippen LogP contribution in [0.25, 0.3) is 0 Å². The Morgan fingerprint density at radius 3 is 2.84 bits per heavy atom. The van der Waals surface area contributed by atoms with Gasteiger partial charge in [-0.3, -0.25) is 19.3 Å². The normalized spacial score (nSPS) is 18.2. The molecule has 1 heterocycles. The fourth-order valence-corrected chi connectivity index (χ4v) is 2.95. The Hall–Kier alpha value is -2.41. The molecule has 0 spiro atoms. The van der Waals surface area contributed by atoms with Crippen LogP contribution in [0.5, 0.6) is 0 Å². The molecule has 7 nitrogen and oxygen atoms in total. The van der Waals surface area contributed by atoms with Crippen LogP contribution in [0.1, 0.15) is 37.0 Å². The molecule has 1 saturated heterocycles. The number of carbonyl (C=O) groups excluding carboxylic acids is 3. The van der Waals surface area contributed by atoms with Crippen LogP contribution < -0.4 is 16.0 Å². The average Bonchev–Trinajstić information content (AvgIpc) is 2.76. The maximum Gasteiger partial charge on any atom is 0.251 e. The lowest BCUT2D eigenvalue weighted by Gasteiger charge is -2.26. The van der Waals surface area contributed by atoms with Gasteiger partial charge >= 0.3 is 0 Å². The summed E-state index contributed by atoms with van der Waals surface area (Å²) in [5.41, 5.74) is 1.07. The summed E-state index contributed by atoms with van der Waals surface area (Å²) >= 11 is 0. The highest BCUT2D eigenvalue weighted by Gasteiger charge is 2.27. The van der Waals surface area contributed by atoms with E-state index in [1.165, 1.54) is 0 Å². The lowest BCUT2D eigenvalue weighted by Crippen LogP contribution is -2.46. The van der Waals surface area contributed by atoms with E-state index >= 15 is 0 Å². The van der Waals surface area contributed by atoms with Crippen LogP contribution in [0.4, 0.5) is 5.69 Å². The Morgan fingerprint density at radius 1 is 1.32 bits per heavy atom. The summed E-state index contributed by atoms with van der Waals surface area (Å²) in [5.74, 6) is -0.388. The molecular formula is C18H26N4O3. The third-order valence-electron chi connectivity index (χ3n) is 4.14. The number of hydrogen-bond acceptors (Lipinski definition) is 4. The standard InChI is InChI=1S/C18H26N4O3/c1-3-15-18(25)20-9-6-10-22(15)12-16(23)21-14-8-5-7-13(11-14)17(24)19-4-2/h5,7-8,11,15H,3-4,6,9-10,12H2,1-2H3,(H,19,24)(H,20,25)(H,21,23)/t15-/m1/s1. The lowest BCUT2D eigenvalue weighted by molar-refractivity contribution is -0.126. The molecule has 25 heavy (non-hydrogen) atoms. The molecular weight excluding hydrogens is 320 g/mol. The van der Waals surface area contributed by atoms with Gasteiger partial charge < -0.3 is 16.0 Å². The van der Waals surface area contributed by atoms with Gasteiger partial charge in [-0.25, -0.2) is 0 Å². The zero-order valence-corrected chi connectivity index (χ0v) is 14.8. The van der Waals surface area contributed by atoms with Crippen molar-refractivity contribution in [1.82, 2.24) is 15.5 Å². The fourth-order valence-electron chi connectivity index (χ4n) is 2.95. The first kappa shape index (κ1) is 18.9. The second-order valence-corrected chi connectivity index (χ2v) is 6.03. The van der Waals surface area contributed by atoms with E-state index in [2.05, 4.69) is 16.0 Å². The van der Waals surface area contributed by atoms with Crippen LogP contribution in [0.3, 0.4) is 0 Å². The van der Waals surface area contributed by atoms with Gasteiger partial charge in [0.1, 0.15) is 0 Å². The van der Waals surface area contributed by atoms with E-state index in [0.717, 1.165) is 6.42 Å². The minimum Gasteiger partial charge on any atom is -0.355 e. The summed E-state index contributed by atoms with van der Waals surface area (Å²) in [4.78, 5) is 38.2. The molecule has 1 aliphatic rings. The molecule has 3 N–H and O–H groups in total. The second kappa shape index (κ2) is 9.17. The van der Waals surface area contributed by atoms with Crippen molar-refractivity contribution in [3.63, 3.8) is 0 Å². The number of nitrogens with zero attached hydrogens (tertiary/aromatic N) is 1. The van der Waals surface area contributed by atoms with Crippen molar-refractivity contribution in [2.24, 2.45) is 0 Å². The number of hydrogen-bond donors (Lipinski definition) is 3. The van der Waals surface area contributed by atoms with Gasteiger partial charge in [-0.05, 0) is 38.0 Å². The average molecular weight is 346 g/mol. The molecule has 1 fully saturated rings. The first-order valence-electron chi connectivity index (χ1n) is 8.75. The van der Waals surface area contributed by atoms with Crippen molar-refractivity contribution in [1.29, 1.82) is 0 Å². The zero-order valence-electron chi connectivity index (χ0n) is 14.8. The fraction of sp³-hybridized carbons (Fsp3) is 0.500. The molecule has 1 aromatic rings. The zero-order chi connectivity index (χ0) is 18.2. The summed E-state index contributed by atoms with van der Waals surface area (Å²) in [5, 5.41) is 8.42. The van der Waals surface area contributed by atoms with Crippen LogP contribution in [-0.4, -0.2) is 54.8 Å². The number of anilines is 1. The van der Waals surface area contributed by atoms with E-state index in [0.29, 0.717) is 37.3 Å². The second-order valence-electron chi connectivity index (χ2n) is 6.03. The van der Waals surface area contributed by atoms with Gasteiger partial charge in [0.25, 0.3) is 5.91 Å². The molecule has 7 heteroatoms. The maximum absolute atomic E-state index is 12.4. The predicted molar refractivity (Wildman–Crippen MR) is 96.4 cm³/mol. The summed E-state index contributed by atoms with van der Waals surface area (Å²) in [7, 11) is 0. The Labute approximate surface area is 148 Å². The molecule has 0 aromatic heterocycles. The van der Waals surface area contributed by atoms with Crippen LogP contribution >= 0.6 is 0 Å². The van der Waals surface area contributed by atoms with Crippen molar-refractivity contribution < 1.29 is 14.4 Å². The third kappa shape index (κ3) is 5.29. The molecule has 0 radical (unpaired) electrons. The van der Waals surface area contributed by atoms with Crippen molar-refractivity contribution in [2.75, 3.05) is 31.5 Å². The first-order valence-corrected chi connectivity index (χ1v) is 8.75. The Morgan fingerprint density at radius 2 is 2.12 bits per heavy atom. The number of nitrogens with one attached hydrogen (secondary N) is 3. The van der Waals surface area contributed by atoms with Gasteiger partial charge in [0.2, 0.25) is 11.8 Å². The Bertz CT molecular complexity index is 633. The molecule has 0 unspecified atom stereocenters. The summed E-state index contributed by atoms with van der Waals surface area (Å²) < 4.78 is 0. The molecule has 1 aromatic carbocycles. The van der Waals surface area contributed by atoms with E-state index < -0.39 is 0 Å². The van der Waals surface area contributed by atoms with E-state index in [-0.39, 0.29) is 30.3 Å². The molecule has 1 aliphatic heterocycles. The predicted octanol–water partition coefficient (Wildman–Crippen LogP) is 0.975. The highest BCUT2D eigenvalue weighted by Crippen LogP contribution is 2.13. The third-order valence-corrected chi connectivity index (χ3v) is 4.14. The highest BCUT2D eigenvalue weighted by atomic mass is 16.2. The van der Waals surface area contributed by atoms with Gasteiger partial charge in [-0.1, -0.05) is 13.0 Å². The van der Waals surface area contributed by atoms with Crippen molar-refractivity contribution in [3.05, 3.63) is 29.8 Å². The van der Waals surface area contributed by atoms with Crippen molar-refractivity contribution in [3.8, 4) is 0 Å². The topological polar surface area (TPSA) is 90.5 Å². The highest BCUT2D eigenvalue weighted by molar-refractivity contribution is 5.97. The molecule has 1 atom stereocenters. The van der Waals surface area contributed by atoms with E-state index in [4.69, 9.17) is 0 Å². The monoisotopic (exact) mass is 346 g/mol. The van der Waals surface area contributed by atoms with Gasteiger partial charge in [0.15, 0.2) is 0 Å². The largest absolute Gasteiger partial charge is 0.355 e.